The molecule has 1 fully saturated rings. The summed E-state index contributed by atoms with van der Waals surface area (Å²) in [5.41, 5.74) is 2.54. The van der Waals surface area contributed by atoms with Gasteiger partial charge in [-0.05, 0) is 62.6 Å². The normalized spacial score (nSPS) is 17.2. The lowest BCUT2D eigenvalue weighted by atomic mass is 10.0. The van der Waals surface area contributed by atoms with Crippen molar-refractivity contribution in [2.45, 2.75) is 63.9 Å². The number of sulfonamides is 1. The van der Waals surface area contributed by atoms with Crippen LogP contribution in [0.2, 0.25) is 0 Å². The van der Waals surface area contributed by atoms with E-state index in [0.717, 1.165) is 40.8 Å². The number of piperidine rings is 1. The van der Waals surface area contributed by atoms with E-state index in [9.17, 15) is 18.0 Å². The van der Waals surface area contributed by atoms with Crippen LogP contribution in [0.25, 0.3) is 0 Å². The van der Waals surface area contributed by atoms with E-state index in [1.165, 1.54) is 11.3 Å². The molecule has 0 unspecified atom stereocenters. The van der Waals surface area contributed by atoms with Gasteiger partial charge in [-0.2, -0.15) is 4.31 Å². The molecule has 174 valence electrons. The first kappa shape index (κ1) is 24.4. The molecule has 0 spiro atoms. The lowest BCUT2D eigenvalue weighted by molar-refractivity contribution is -0.139. The number of carbonyl (C=O) groups is 2. The van der Waals surface area contributed by atoms with Crippen LogP contribution >= 0.6 is 11.3 Å². The van der Waals surface area contributed by atoms with Crippen LogP contribution in [0, 0.1) is 20.8 Å². The van der Waals surface area contributed by atoms with E-state index < -0.39 is 21.8 Å². The van der Waals surface area contributed by atoms with Crippen molar-refractivity contribution in [3.63, 3.8) is 0 Å². The number of nitrogens with zero attached hydrogens (tertiary/aromatic N) is 1. The third-order valence-electron chi connectivity index (χ3n) is 5.72. The summed E-state index contributed by atoms with van der Waals surface area (Å²) < 4.78 is 28.6. The van der Waals surface area contributed by atoms with Crippen molar-refractivity contribution in [3.05, 3.63) is 51.2 Å². The van der Waals surface area contributed by atoms with Crippen molar-refractivity contribution in [3.8, 4) is 0 Å². The van der Waals surface area contributed by atoms with Gasteiger partial charge in [-0.3, -0.25) is 9.59 Å². The standard InChI is InChI=1S/C23H31N3O4S2/c1-16-13-17(2)21(18(3)14-16)32(29,30)26-11-5-4-7-19(26)9-10-24-22(27)23(28)25-15-20-8-6-12-31-20/h6,8,12-14,19H,4-5,7,9-11,15H2,1-3H3,(H,24,27)(H,25,28)/t19-/m0/s1. The number of benzene rings is 1. The van der Waals surface area contributed by atoms with E-state index in [-0.39, 0.29) is 12.6 Å². The van der Waals surface area contributed by atoms with E-state index in [0.29, 0.717) is 24.4 Å². The van der Waals surface area contributed by atoms with Crippen LogP contribution in [0.5, 0.6) is 0 Å². The molecular formula is C23H31N3O4S2. The molecule has 0 aliphatic carbocycles. The van der Waals surface area contributed by atoms with Gasteiger partial charge < -0.3 is 10.6 Å². The monoisotopic (exact) mass is 477 g/mol. The average molecular weight is 478 g/mol. The number of aryl methyl sites for hydroxylation is 3. The SMILES string of the molecule is Cc1cc(C)c(S(=O)(=O)N2CCCC[C@H]2CCNC(=O)C(=O)NCc2cccs2)c(C)c1. The van der Waals surface area contributed by atoms with Crippen LogP contribution in [-0.2, 0) is 26.2 Å². The molecule has 2 amide bonds. The van der Waals surface area contributed by atoms with Gasteiger partial charge >= 0.3 is 11.8 Å². The van der Waals surface area contributed by atoms with Crippen molar-refractivity contribution in [1.29, 1.82) is 0 Å². The van der Waals surface area contributed by atoms with Gasteiger partial charge in [-0.1, -0.05) is 30.2 Å². The summed E-state index contributed by atoms with van der Waals surface area (Å²) >= 11 is 1.51. The summed E-state index contributed by atoms with van der Waals surface area (Å²) in [6.07, 6.45) is 2.96. The summed E-state index contributed by atoms with van der Waals surface area (Å²) in [6, 6.07) is 7.36. The fourth-order valence-corrected chi connectivity index (χ4v) is 7.15. The number of amides is 2. The highest BCUT2D eigenvalue weighted by atomic mass is 32.2. The maximum Gasteiger partial charge on any atom is 0.309 e. The summed E-state index contributed by atoms with van der Waals surface area (Å²) in [6.45, 7) is 6.65. The Bertz CT molecular complexity index is 1040. The van der Waals surface area contributed by atoms with Gasteiger partial charge in [0.1, 0.15) is 0 Å². The zero-order valence-corrected chi connectivity index (χ0v) is 20.4. The molecule has 7 nitrogen and oxygen atoms in total. The van der Waals surface area contributed by atoms with Gasteiger partial charge in [0, 0.05) is 24.0 Å². The molecule has 32 heavy (non-hydrogen) atoms. The maximum absolute atomic E-state index is 13.5. The van der Waals surface area contributed by atoms with Gasteiger partial charge in [-0.25, -0.2) is 8.42 Å². The molecule has 9 heteroatoms. The van der Waals surface area contributed by atoms with Gasteiger partial charge in [0.2, 0.25) is 10.0 Å². The van der Waals surface area contributed by atoms with Crippen molar-refractivity contribution < 1.29 is 18.0 Å². The Hall–Kier alpha value is -2.23. The van der Waals surface area contributed by atoms with E-state index in [1.807, 2.05) is 50.4 Å². The average Bonchev–Trinajstić information content (AvgIpc) is 3.25. The second kappa shape index (κ2) is 10.6. The third-order valence-corrected chi connectivity index (χ3v) is 8.85. The highest BCUT2D eigenvalue weighted by molar-refractivity contribution is 7.89. The Labute approximate surface area is 194 Å². The molecule has 2 aromatic rings. The Morgan fingerprint density at radius 1 is 1.09 bits per heavy atom. The van der Waals surface area contributed by atoms with Crippen LogP contribution < -0.4 is 10.6 Å². The first-order chi connectivity index (χ1) is 15.2. The lowest BCUT2D eigenvalue weighted by Gasteiger charge is -2.35. The molecule has 0 radical (unpaired) electrons. The van der Waals surface area contributed by atoms with E-state index in [2.05, 4.69) is 10.6 Å². The topological polar surface area (TPSA) is 95.6 Å². The second-order valence-corrected chi connectivity index (χ2v) is 11.2. The van der Waals surface area contributed by atoms with Crippen molar-refractivity contribution >= 4 is 33.2 Å². The number of thiophene rings is 1. The maximum atomic E-state index is 13.5. The lowest BCUT2D eigenvalue weighted by Crippen LogP contribution is -2.46. The molecule has 1 aliphatic rings. The van der Waals surface area contributed by atoms with Gasteiger partial charge in [-0.15, -0.1) is 11.3 Å². The van der Waals surface area contributed by atoms with Crippen LogP contribution in [0.1, 0.15) is 47.3 Å². The van der Waals surface area contributed by atoms with Crippen LogP contribution in [0.3, 0.4) is 0 Å². The molecule has 0 bridgehead atoms. The van der Waals surface area contributed by atoms with Crippen LogP contribution in [0.4, 0.5) is 0 Å². The van der Waals surface area contributed by atoms with E-state index >= 15 is 0 Å². The first-order valence-corrected chi connectivity index (χ1v) is 13.2. The van der Waals surface area contributed by atoms with Gasteiger partial charge in [0.05, 0.1) is 11.4 Å². The fourth-order valence-electron chi connectivity index (χ4n) is 4.36. The summed E-state index contributed by atoms with van der Waals surface area (Å²) in [5, 5.41) is 7.14. The summed E-state index contributed by atoms with van der Waals surface area (Å²) in [5.74, 6) is -1.38. The molecule has 1 aliphatic heterocycles. The minimum Gasteiger partial charge on any atom is -0.348 e. The molecule has 1 atom stereocenters. The molecular weight excluding hydrogens is 446 g/mol. The van der Waals surface area contributed by atoms with Crippen molar-refractivity contribution in [1.82, 2.24) is 14.9 Å². The summed E-state index contributed by atoms with van der Waals surface area (Å²) in [4.78, 5) is 25.5. The van der Waals surface area contributed by atoms with Crippen LogP contribution in [-0.4, -0.2) is 43.7 Å². The third kappa shape index (κ3) is 5.76. The van der Waals surface area contributed by atoms with Crippen LogP contribution in [0.15, 0.2) is 34.5 Å². The van der Waals surface area contributed by atoms with Gasteiger partial charge in [0.25, 0.3) is 0 Å². The number of hydrogen-bond donors (Lipinski definition) is 2. The van der Waals surface area contributed by atoms with E-state index in [1.54, 1.807) is 4.31 Å². The highest BCUT2D eigenvalue weighted by Crippen LogP contribution is 2.31. The minimum absolute atomic E-state index is 0.205. The molecule has 1 saturated heterocycles. The predicted octanol–water partition coefficient (Wildman–Crippen LogP) is 3.04. The molecule has 2 heterocycles. The van der Waals surface area contributed by atoms with Gasteiger partial charge in [0.15, 0.2) is 0 Å². The number of rotatable bonds is 7. The number of nitrogens with one attached hydrogen (secondary N) is 2. The zero-order valence-electron chi connectivity index (χ0n) is 18.8. The second-order valence-electron chi connectivity index (χ2n) is 8.30. The molecule has 1 aromatic heterocycles. The smallest absolute Gasteiger partial charge is 0.309 e. The predicted molar refractivity (Wildman–Crippen MR) is 126 cm³/mol. The van der Waals surface area contributed by atoms with E-state index in [4.69, 9.17) is 0 Å². The number of hydrogen-bond acceptors (Lipinski definition) is 5. The Balaban J connectivity index is 1.61. The van der Waals surface area contributed by atoms with Crippen molar-refractivity contribution in [2.24, 2.45) is 0 Å². The van der Waals surface area contributed by atoms with Crippen molar-refractivity contribution in [2.75, 3.05) is 13.1 Å². The zero-order chi connectivity index (χ0) is 23.3. The Morgan fingerprint density at radius 2 is 1.78 bits per heavy atom. The quantitative estimate of drug-likeness (QED) is 0.599. The molecule has 0 saturated carbocycles. The molecule has 3 rings (SSSR count). The number of carbonyl (C=O) groups excluding carboxylic acids is 2. The largest absolute Gasteiger partial charge is 0.348 e. The molecule has 1 aromatic carbocycles. The summed E-state index contributed by atoms with van der Waals surface area (Å²) in [7, 11) is -3.65. The highest BCUT2D eigenvalue weighted by Gasteiger charge is 2.35. The Kier molecular flexibility index (Phi) is 8.08. The Morgan fingerprint density at radius 3 is 2.44 bits per heavy atom. The molecule has 2 N–H and O–H groups in total. The fraction of sp³-hybridized carbons (Fsp3) is 0.478. The minimum atomic E-state index is -3.65. The first-order valence-electron chi connectivity index (χ1n) is 10.9.